The van der Waals surface area contributed by atoms with E-state index < -0.39 is 0 Å². The average Bonchev–Trinajstić information content (AvgIpc) is 2.08. The van der Waals surface area contributed by atoms with Crippen molar-refractivity contribution in [2.75, 3.05) is 7.11 Å². The molecule has 0 saturated heterocycles. The van der Waals surface area contributed by atoms with Crippen molar-refractivity contribution in [3.63, 3.8) is 0 Å². The number of halogens is 1. The van der Waals surface area contributed by atoms with Gasteiger partial charge in [0.15, 0.2) is 0 Å². The first-order chi connectivity index (χ1) is 5.77. The first-order valence-electron chi connectivity index (χ1n) is 3.75. The van der Waals surface area contributed by atoms with Gasteiger partial charge in [-0.25, -0.2) is 0 Å². The topological polar surface area (TPSA) is 9.23 Å². The monoisotopic (exact) mass is 289 g/mol. The SMILES string of the molecule is COc1cc(I)ccc1CC[Si]. The molecule has 0 amide bonds. The normalized spacial score (nSPS) is 9.92. The van der Waals surface area contributed by atoms with E-state index in [1.54, 1.807) is 7.11 Å². The fourth-order valence-corrected chi connectivity index (χ4v) is 1.79. The maximum atomic E-state index is 5.25. The Hall–Kier alpha value is -0.0331. The van der Waals surface area contributed by atoms with Crippen molar-refractivity contribution in [3.8, 4) is 5.75 Å². The Morgan fingerprint density at radius 2 is 2.25 bits per heavy atom. The Balaban J connectivity index is 2.94. The van der Waals surface area contributed by atoms with Crippen molar-refractivity contribution in [2.24, 2.45) is 0 Å². The molecule has 1 aromatic carbocycles. The van der Waals surface area contributed by atoms with Crippen LogP contribution in [0.25, 0.3) is 0 Å². The van der Waals surface area contributed by atoms with E-state index in [1.807, 2.05) is 0 Å². The summed E-state index contributed by atoms with van der Waals surface area (Å²) in [5.41, 5.74) is 1.26. The van der Waals surface area contributed by atoms with E-state index in [2.05, 4.69) is 51.0 Å². The molecule has 3 heteroatoms. The predicted molar refractivity (Wildman–Crippen MR) is 60.0 cm³/mol. The van der Waals surface area contributed by atoms with Crippen LogP contribution in [0.3, 0.4) is 0 Å². The molecule has 0 aromatic heterocycles. The third-order valence-electron chi connectivity index (χ3n) is 1.64. The molecule has 0 spiro atoms. The second kappa shape index (κ2) is 4.86. The summed E-state index contributed by atoms with van der Waals surface area (Å²) in [4.78, 5) is 0. The zero-order valence-corrected chi connectivity index (χ0v) is 10.1. The van der Waals surface area contributed by atoms with Crippen molar-refractivity contribution < 1.29 is 4.74 Å². The van der Waals surface area contributed by atoms with Gasteiger partial charge in [-0.3, -0.25) is 0 Å². The molecule has 1 rings (SSSR count). The van der Waals surface area contributed by atoms with Crippen LogP contribution < -0.4 is 4.74 Å². The molecule has 0 heterocycles. The van der Waals surface area contributed by atoms with Gasteiger partial charge < -0.3 is 4.74 Å². The predicted octanol–water partition coefficient (Wildman–Crippen LogP) is 2.43. The molecule has 0 unspecified atom stereocenters. The van der Waals surface area contributed by atoms with Crippen molar-refractivity contribution >= 4 is 32.8 Å². The van der Waals surface area contributed by atoms with Crippen LogP contribution in [0, 0.1) is 3.57 Å². The van der Waals surface area contributed by atoms with E-state index in [4.69, 9.17) is 4.74 Å². The van der Waals surface area contributed by atoms with Crippen LogP contribution in [0.5, 0.6) is 5.75 Å². The van der Waals surface area contributed by atoms with Crippen LogP contribution in [0.2, 0.25) is 6.04 Å². The summed E-state index contributed by atoms with van der Waals surface area (Å²) in [6.45, 7) is 0. The molecule has 0 fully saturated rings. The Morgan fingerprint density at radius 3 is 2.83 bits per heavy atom. The van der Waals surface area contributed by atoms with E-state index >= 15 is 0 Å². The van der Waals surface area contributed by atoms with Crippen molar-refractivity contribution in [2.45, 2.75) is 12.5 Å². The van der Waals surface area contributed by atoms with Crippen LogP contribution in [0.1, 0.15) is 5.56 Å². The minimum atomic E-state index is 0.969. The van der Waals surface area contributed by atoms with Crippen molar-refractivity contribution in [1.82, 2.24) is 0 Å². The maximum Gasteiger partial charge on any atom is 0.123 e. The first kappa shape index (κ1) is 10.1. The summed E-state index contributed by atoms with van der Waals surface area (Å²) in [6.07, 6.45) is 1.01. The van der Waals surface area contributed by atoms with E-state index in [9.17, 15) is 0 Å². The highest BCUT2D eigenvalue weighted by atomic mass is 127. The number of hydrogen-bond donors (Lipinski definition) is 0. The standard InChI is InChI=1S/C9H10IOSi/c1-11-9-6-8(10)3-2-7(9)4-5-12/h2-3,6H,4-5H2,1H3. The molecule has 0 atom stereocenters. The number of methoxy groups -OCH3 is 1. The lowest BCUT2D eigenvalue weighted by Crippen LogP contribution is -1.92. The summed E-state index contributed by atoms with van der Waals surface area (Å²) in [6, 6.07) is 7.23. The van der Waals surface area contributed by atoms with Gasteiger partial charge in [0.05, 0.1) is 7.11 Å². The number of benzene rings is 1. The Bertz CT molecular complexity index is 263. The Labute approximate surface area is 90.1 Å². The molecule has 0 N–H and O–H groups in total. The molecular weight excluding hydrogens is 279 g/mol. The summed E-state index contributed by atoms with van der Waals surface area (Å²) in [7, 11) is 5.17. The number of hydrogen-bond acceptors (Lipinski definition) is 1. The second-order valence-corrected chi connectivity index (χ2v) is 4.20. The largest absolute Gasteiger partial charge is 0.496 e. The second-order valence-electron chi connectivity index (χ2n) is 2.46. The Kier molecular flexibility index (Phi) is 4.07. The van der Waals surface area contributed by atoms with Crippen LogP contribution >= 0.6 is 22.6 Å². The van der Waals surface area contributed by atoms with E-state index in [0.717, 1.165) is 18.2 Å². The van der Waals surface area contributed by atoms with E-state index in [1.165, 1.54) is 9.13 Å². The molecule has 3 radical (unpaired) electrons. The lowest BCUT2D eigenvalue weighted by atomic mass is 10.1. The molecule has 0 aliphatic heterocycles. The number of ether oxygens (including phenoxy) is 1. The lowest BCUT2D eigenvalue weighted by molar-refractivity contribution is 0.410. The fourth-order valence-electron chi connectivity index (χ4n) is 1.06. The van der Waals surface area contributed by atoms with Gasteiger partial charge in [-0.2, -0.15) is 0 Å². The molecule has 1 nitrogen and oxygen atoms in total. The first-order valence-corrected chi connectivity index (χ1v) is 5.53. The maximum absolute atomic E-state index is 5.25. The highest BCUT2D eigenvalue weighted by Gasteiger charge is 2.01. The lowest BCUT2D eigenvalue weighted by Gasteiger charge is -2.07. The van der Waals surface area contributed by atoms with Crippen LogP contribution in [-0.4, -0.2) is 17.4 Å². The number of rotatable bonds is 3. The molecule has 63 valence electrons. The summed E-state index contributed by atoms with van der Waals surface area (Å²) in [5, 5.41) is 0. The molecule has 0 aliphatic rings. The highest BCUT2D eigenvalue weighted by Crippen LogP contribution is 2.22. The summed E-state index contributed by atoms with van der Waals surface area (Å²) < 4.78 is 6.46. The quantitative estimate of drug-likeness (QED) is 0.613. The van der Waals surface area contributed by atoms with Crippen LogP contribution in [0.15, 0.2) is 18.2 Å². The van der Waals surface area contributed by atoms with Gasteiger partial charge in [0.25, 0.3) is 0 Å². The molecule has 0 aliphatic carbocycles. The van der Waals surface area contributed by atoms with Gasteiger partial charge in [0, 0.05) is 13.8 Å². The molecule has 0 saturated carbocycles. The van der Waals surface area contributed by atoms with Gasteiger partial charge in [-0.15, -0.1) is 0 Å². The minimum Gasteiger partial charge on any atom is -0.496 e. The molecule has 1 aromatic rings. The average molecular weight is 289 g/mol. The Morgan fingerprint density at radius 1 is 1.50 bits per heavy atom. The fraction of sp³-hybridized carbons (Fsp3) is 0.333. The molecular formula is C9H10IOSi. The van der Waals surface area contributed by atoms with Crippen molar-refractivity contribution in [3.05, 3.63) is 27.3 Å². The number of aryl methyl sites for hydroxylation is 1. The van der Waals surface area contributed by atoms with Gasteiger partial charge in [-0.1, -0.05) is 12.1 Å². The highest BCUT2D eigenvalue weighted by molar-refractivity contribution is 14.1. The zero-order chi connectivity index (χ0) is 8.97. The van der Waals surface area contributed by atoms with E-state index in [0.29, 0.717) is 0 Å². The third-order valence-corrected chi connectivity index (χ3v) is 2.56. The van der Waals surface area contributed by atoms with Gasteiger partial charge in [0.1, 0.15) is 5.75 Å². The van der Waals surface area contributed by atoms with E-state index in [-0.39, 0.29) is 0 Å². The molecule has 12 heavy (non-hydrogen) atoms. The third kappa shape index (κ3) is 2.48. The summed E-state index contributed by atoms with van der Waals surface area (Å²) in [5.74, 6) is 0.986. The van der Waals surface area contributed by atoms with Gasteiger partial charge in [0.2, 0.25) is 0 Å². The summed E-state index contributed by atoms with van der Waals surface area (Å²) >= 11 is 2.28. The minimum absolute atomic E-state index is 0.969. The van der Waals surface area contributed by atoms with Gasteiger partial charge >= 0.3 is 0 Å². The van der Waals surface area contributed by atoms with Gasteiger partial charge in [-0.05, 0) is 46.7 Å². The van der Waals surface area contributed by atoms with Crippen LogP contribution in [0.4, 0.5) is 0 Å². The molecule has 0 bridgehead atoms. The zero-order valence-electron chi connectivity index (χ0n) is 6.93. The van der Waals surface area contributed by atoms with Crippen molar-refractivity contribution in [1.29, 1.82) is 0 Å². The smallest absolute Gasteiger partial charge is 0.123 e. The van der Waals surface area contributed by atoms with Crippen LogP contribution in [-0.2, 0) is 6.42 Å².